The third kappa shape index (κ3) is 27.8. The van der Waals surface area contributed by atoms with E-state index in [9.17, 15) is 40.9 Å². The van der Waals surface area contributed by atoms with Gasteiger partial charge in [0.2, 0.25) is 0 Å². The summed E-state index contributed by atoms with van der Waals surface area (Å²) in [7, 11) is 0. The van der Waals surface area contributed by atoms with Crippen LogP contribution in [-0.2, 0) is 149 Å². The van der Waals surface area contributed by atoms with E-state index in [0.29, 0.717) is 0 Å². The van der Waals surface area contributed by atoms with E-state index in [1.54, 1.807) is 0 Å². The van der Waals surface area contributed by atoms with Crippen molar-refractivity contribution in [1.82, 2.24) is 0 Å². The molecule has 6 saturated heterocycles. The van der Waals surface area contributed by atoms with Gasteiger partial charge in [-0.15, -0.1) is 39.5 Å². The molecule has 0 saturated carbocycles. The van der Waals surface area contributed by atoms with Crippen LogP contribution < -0.4 is 0 Å². The Hall–Kier alpha value is -7.48. The van der Waals surface area contributed by atoms with Gasteiger partial charge in [-0.05, 0) is 33.4 Å². The van der Waals surface area contributed by atoms with Crippen LogP contribution in [-0.4, -0.2) is 304 Å². The molecule has 6 fully saturated rings. The van der Waals surface area contributed by atoms with Crippen LogP contribution in [0.5, 0.6) is 0 Å². The molecule has 0 amide bonds. The summed E-state index contributed by atoms with van der Waals surface area (Å²) in [4.78, 5) is 0. The van der Waals surface area contributed by atoms with E-state index in [-0.39, 0.29) is 119 Å². The highest BCUT2D eigenvalue weighted by Gasteiger charge is 2.60. The zero-order valence-corrected chi connectivity index (χ0v) is 71.0. The van der Waals surface area contributed by atoms with Crippen LogP contribution in [0.2, 0.25) is 0 Å². The minimum Gasteiger partial charge on any atom is -0.387 e. The smallest absolute Gasteiger partial charge is 0.187 e. The number of ether oxygens (including phenoxy) is 23. The molecule has 692 valence electrons. The topological polar surface area (TPSA) is 374 Å². The molecular weight excluding hydrogens is 1650 g/mol. The highest BCUT2D eigenvalue weighted by atomic mass is 16.8. The molecular formula is C96H122O31. The maximum absolute atomic E-state index is 13.3. The number of benzene rings is 6. The summed E-state index contributed by atoms with van der Waals surface area (Å²) in [5.41, 5.74) is 4.84. The number of aliphatic hydroxyl groups is 8. The third-order valence-corrected chi connectivity index (χ3v) is 22.0. The summed E-state index contributed by atoms with van der Waals surface area (Å²) in [6, 6.07) is 55.9. The van der Waals surface area contributed by atoms with Crippen LogP contribution in [0.3, 0.4) is 0 Å². The minimum atomic E-state index is -1.87. The lowest BCUT2D eigenvalue weighted by Crippen LogP contribution is -2.69. The van der Waals surface area contributed by atoms with Crippen LogP contribution in [0, 0.1) is 0 Å². The summed E-state index contributed by atoms with van der Waals surface area (Å²) < 4.78 is 151. The van der Waals surface area contributed by atoms with E-state index in [1.807, 2.05) is 182 Å². The predicted octanol–water partition coefficient (Wildman–Crippen LogP) is 6.51. The highest BCUT2D eigenvalue weighted by molar-refractivity contribution is 5.19. The largest absolute Gasteiger partial charge is 0.387 e. The lowest BCUT2D eigenvalue weighted by molar-refractivity contribution is -0.401. The molecule has 31 nitrogen and oxygen atoms in total. The molecule has 127 heavy (non-hydrogen) atoms. The molecule has 6 aromatic carbocycles. The molecule has 12 rings (SSSR count). The van der Waals surface area contributed by atoms with Crippen molar-refractivity contribution >= 4 is 0 Å². The van der Waals surface area contributed by atoms with E-state index in [1.165, 1.54) is 36.5 Å². The average molecular weight is 1770 g/mol. The molecule has 8 N–H and O–H groups in total. The number of hydrogen-bond acceptors (Lipinski definition) is 31. The second kappa shape index (κ2) is 51.9. The van der Waals surface area contributed by atoms with Gasteiger partial charge in [0, 0.05) is 0 Å². The fourth-order valence-electron chi connectivity index (χ4n) is 15.8. The number of hydrogen-bond donors (Lipinski definition) is 8. The molecule has 6 aliphatic rings. The average Bonchev–Trinajstić information content (AvgIpc) is 0.766. The maximum atomic E-state index is 13.3. The number of rotatable bonds is 52. The lowest BCUT2D eigenvalue weighted by atomic mass is 9.94. The van der Waals surface area contributed by atoms with Gasteiger partial charge in [-0.3, -0.25) is 0 Å². The van der Waals surface area contributed by atoms with E-state index in [4.69, 9.17) is 109 Å². The fourth-order valence-corrected chi connectivity index (χ4v) is 15.8. The van der Waals surface area contributed by atoms with Crippen molar-refractivity contribution in [3.05, 3.63) is 291 Å². The quantitative estimate of drug-likeness (QED) is 0.0189. The Morgan fingerprint density at radius 2 is 0.394 bits per heavy atom. The van der Waals surface area contributed by atoms with Crippen molar-refractivity contribution in [1.29, 1.82) is 0 Å². The van der Waals surface area contributed by atoms with E-state index in [2.05, 4.69) is 39.5 Å². The van der Waals surface area contributed by atoms with Crippen LogP contribution in [0.15, 0.2) is 258 Å². The van der Waals surface area contributed by atoms with E-state index < -0.39 is 184 Å². The van der Waals surface area contributed by atoms with Crippen molar-refractivity contribution in [2.75, 3.05) is 79.3 Å². The summed E-state index contributed by atoms with van der Waals surface area (Å²) in [6.07, 6.45) is -36.8. The molecule has 0 radical (unpaired) electrons. The van der Waals surface area contributed by atoms with E-state index in [0.717, 1.165) is 33.4 Å². The zero-order valence-electron chi connectivity index (χ0n) is 71.0. The van der Waals surface area contributed by atoms with Gasteiger partial charge in [-0.25, -0.2) is 0 Å². The molecule has 6 heterocycles. The molecule has 0 aromatic heterocycles. The highest BCUT2D eigenvalue weighted by Crippen LogP contribution is 2.41. The summed E-state index contributed by atoms with van der Waals surface area (Å²) in [5, 5.41) is 99.1. The van der Waals surface area contributed by atoms with Crippen LogP contribution in [0.4, 0.5) is 0 Å². The first-order valence-electron chi connectivity index (χ1n) is 42.8. The van der Waals surface area contributed by atoms with Gasteiger partial charge in [0.05, 0.1) is 119 Å². The minimum absolute atomic E-state index is 0.0301. The van der Waals surface area contributed by atoms with Gasteiger partial charge in [0.25, 0.3) is 0 Å². The monoisotopic (exact) mass is 1770 g/mol. The Balaban J connectivity index is 0.857. The Morgan fingerprint density at radius 3 is 0.614 bits per heavy atom. The van der Waals surface area contributed by atoms with Crippen LogP contribution in [0.1, 0.15) is 33.4 Å². The molecule has 6 aromatic rings. The summed E-state index contributed by atoms with van der Waals surface area (Å²) >= 11 is 0. The zero-order chi connectivity index (χ0) is 89.2. The second-order valence-electron chi connectivity index (χ2n) is 31.2. The Morgan fingerprint density at radius 1 is 0.213 bits per heavy atom. The van der Waals surface area contributed by atoms with E-state index >= 15 is 0 Å². The van der Waals surface area contributed by atoms with Crippen molar-refractivity contribution in [2.24, 2.45) is 0 Å². The van der Waals surface area contributed by atoms with Crippen molar-refractivity contribution in [2.45, 2.75) is 224 Å². The van der Waals surface area contributed by atoms with Gasteiger partial charge in [-0.1, -0.05) is 218 Å². The Labute approximate surface area is 740 Å². The molecule has 1 unspecified atom stereocenters. The lowest BCUT2D eigenvalue weighted by Gasteiger charge is -2.51. The van der Waals surface area contributed by atoms with Crippen molar-refractivity contribution < 1.29 is 150 Å². The molecule has 0 bridgehead atoms. The first-order chi connectivity index (χ1) is 62.1. The second-order valence-corrected chi connectivity index (χ2v) is 31.2. The van der Waals surface area contributed by atoms with Gasteiger partial charge in [-0.2, -0.15) is 0 Å². The van der Waals surface area contributed by atoms with Crippen LogP contribution in [0.25, 0.3) is 0 Å². The maximum Gasteiger partial charge on any atom is 0.187 e. The van der Waals surface area contributed by atoms with Gasteiger partial charge in [0.1, 0.15) is 146 Å². The Kier molecular flexibility index (Phi) is 40.3. The molecule has 31 heteroatoms. The first-order valence-corrected chi connectivity index (χ1v) is 42.8. The Bertz CT molecular complexity index is 4120. The van der Waals surface area contributed by atoms with Gasteiger partial charge >= 0.3 is 0 Å². The SMILES string of the molecule is C=CCOC1[C@H](O)[C@@H](O[C@H]2[C@@H](OCC=C)[C@H](O)[C@@H](O[C@H]3[C@@H](OCC=C)[C@H](O)[C@@H](O)O[C@@H]3COCc3ccccc3)O[C@@H]2COCc2ccccc2)O[C@H](COCc2ccccc2)[C@H]1O[C@H]1O[C@@H](COCc2ccccc2)[C@@H](O[C@H]2O[C@@H](COCc3ccccc3)[C@@H](O[C@H]3O[C@@H](COCc4ccccc4)[C@@H](O)[C@H](OCC=C)[C@H]3O)[C@H](OCC=C)[C@H]2O)[C@H](OCC=C)[C@H]1O. The fraction of sp³-hybridized carbons (Fsp3) is 0.500. The summed E-state index contributed by atoms with van der Waals surface area (Å²) in [6.45, 7) is 21.2. The van der Waals surface area contributed by atoms with Crippen LogP contribution >= 0.6 is 0 Å². The van der Waals surface area contributed by atoms with Crippen molar-refractivity contribution in [3.63, 3.8) is 0 Å². The van der Waals surface area contributed by atoms with Crippen molar-refractivity contribution in [3.8, 4) is 0 Å². The van der Waals surface area contributed by atoms with Gasteiger partial charge < -0.3 is 150 Å². The molecule has 30 atom stereocenters. The normalized spacial score (nSPS) is 33.4. The number of aliphatic hydroxyl groups excluding tert-OH is 8. The standard InChI is InChI=1S/C96H122O31/c1-7-43-111-85-73(97)67(55-105-49-61-31-19-13-20-32-61)118-92(75(85)99)124-81-69(57-107-51-63-35-23-15-24-36-63)120-94(77(101)87(81)113-45-9-3)126-83-71(59-109-53-65-39-27-17-28-40-65)122-96(79(103)89(83)115-47-11-5)127-84-72(60-110-54-66-41-29-18-30-42-66)121-95(78(102)90(84)116-48-12-6)125-82-70(58-108-52-64-37-25-16-26-38-64)119-93(76(100)88(82)114-46-10-4)123-80-68(56-106-50-62-33-21-14-22-34-62)117-91(104)74(98)86(80)112-44-8-2/h7-42,67-104H,1-6,43-60H2/t67-,68+,69-,70+,71-,72+,73+,74-,75+,76-,77+,78-,79+,80+,81+,82+,83+,84+,85-,86-,87+,88-,89+,90?,91-,92+,93+,94+,95+,96+/m0/s1. The predicted molar refractivity (Wildman–Crippen MR) is 457 cm³/mol. The summed E-state index contributed by atoms with van der Waals surface area (Å²) in [5.74, 6) is 0. The van der Waals surface area contributed by atoms with Gasteiger partial charge in [0.15, 0.2) is 37.7 Å². The molecule has 0 spiro atoms. The molecule has 0 aliphatic carbocycles. The first kappa shape index (κ1) is 98.6. The third-order valence-electron chi connectivity index (χ3n) is 22.0. The molecule has 6 aliphatic heterocycles.